The Bertz CT molecular complexity index is 5100. The number of anilines is 2. The smallest absolute Gasteiger partial charge is 0.312 e. The summed E-state index contributed by atoms with van der Waals surface area (Å²) < 4.78 is 130. The van der Waals surface area contributed by atoms with Crippen LogP contribution in [0.1, 0.15) is 198 Å². The number of urea groups is 1. The summed E-state index contributed by atoms with van der Waals surface area (Å²) in [6.45, 7) is 13.0. The molecule has 14 atom stereocenters. The van der Waals surface area contributed by atoms with Crippen molar-refractivity contribution in [1.29, 1.82) is 0 Å². The van der Waals surface area contributed by atoms with Gasteiger partial charge in [0.2, 0.25) is 41.4 Å². The molecule has 0 spiro atoms. The van der Waals surface area contributed by atoms with E-state index in [0.717, 1.165) is 42.0 Å². The summed E-state index contributed by atoms with van der Waals surface area (Å²) in [7, 11) is -4.11. The van der Waals surface area contributed by atoms with Crippen molar-refractivity contribution in [2.45, 2.75) is 249 Å². The van der Waals surface area contributed by atoms with Gasteiger partial charge in [-0.2, -0.15) is 13.5 Å². The molecule has 2 aliphatic heterocycles. The highest BCUT2D eigenvalue weighted by molar-refractivity contribution is 7.85. The number of nitrogens with one attached hydrogen (secondary N) is 7. The number of aliphatic hydroxyl groups excluding tert-OH is 1. The molecule has 144 heavy (non-hydrogen) atoms. The highest BCUT2D eigenvalue weighted by Gasteiger charge is 2.80. The van der Waals surface area contributed by atoms with Gasteiger partial charge >= 0.3 is 6.03 Å². The number of hydrogen-bond acceptors (Lipinski definition) is 28. The Morgan fingerprint density at radius 3 is 1.95 bits per heavy atom. The van der Waals surface area contributed by atoms with Crippen molar-refractivity contribution in [3.63, 3.8) is 0 Å². The zero-order valence-corrected chi connectivity index (χ0v) is 84.2. The fourth-order valence-electron chi connectivity index (χ4n) is 20.0. The van der Waals surface area contributed by atoms with Crippen LogP contribution >= 0.6 is 0 Å². The molecule has 10 rings (SSSR count). The molecule has 13 N–H and O–H groups in total. The third-order valence-corrected chi connectivity index (χ3v) is 28.2. The van der Waals surface area contributed by atoms with Crippen LogP contribution in [-0.4, -0.2) is 299 Å². The molecule has 9 amide bonds. The SMILES string of the molecule is CCCC1O[C@@H]2C[C@H]3[C@@H]4C[C@H](F)C5=CC(=O)C=C[C@]5(C)[C@@]4(F)[C@@H](O)C[C@]3(C)[C@]2(C(=O)CCc2ccc(NC(=O)[C@H](CCCNC(N)=O)NC(=O)[C@@H](NC(=O)[C@@H](CCCCNC(=O)COC3CCCCCC(=NCCOCCOCCOCCOCCC(=O)CCCS(=O)(=O)O)C3=NN)NC(=O)CCOCCOCCOCCOCCNC(=O)CCC(=O)N3Cc4ccccc4C#Cc4ccccc43)C(C)C)cc2)O1. The van der Waals surface area contributed by atoms with Crippen LogP contribution in [0.3, 0.4) is 0 Å². The Kier molecular flexibility index (Phi) is 46.8. The maximum absolute atomic E-state index is 18.2. The number of primary amides is 1. The second-order valence-corrected chi connectivity index (χ2v) is 39.5. The molecular formula is C103H146F2N12O26S. The van der Waals surface area contributed by atoms with Crippen molar-refractivity contribution in [1.82, 2.24) is 31.9 Å². The van der Waals surface area contributed by atoms with Crippen molar-refractivity contribution < 1.29 is 132 Å². The third kappa shape index (κ3) is 33.6. The Morgan fingerprint density at radius 1 is 0.653 bits per heavy atom. The second-order valence-electron chi connectivity index (χ2n) is 37.9. The minimum atomic E-state index is -4.11. The molecule has 0 aromatic heterocycles. The predicted molar refractivity (Wildman–Crippen MR) is 530 cm³/mol. The van der Waals surface area contributed by atoms with Crippen LogP contribution in [0.25, 0.3) is 0 Å². The van der Waals surface area contributed by atoms with E-state index in [9.17, 15) is 61.5 Å². The zero-order valence-electron chi connectivity index (χ0n) is 83.4. The molecule has 5 fully saturated rings. The Labute approximate surface area is 841 Å². The number of hydrazone groups is 1. The molecular weight excluding hydrogens is 1890 g/mol. The highest BCUT2D eigenvalue weighted by Crippen LogP contribution is 2.72. The number of unbranched alkanes of at least 4 members (excludes halogenated alkanes) is 1. The number of carbonyl (C=O) groups excluding carboxylic acids is 11. The number of nitrogens with zero attached hydrogens (tertiary/aromatic N) is 3. The van der Waals surface area contributed by atoms with Crippen molar-refractivity contribution >= 4 is 97.6 Å². The van der Waals surface area contributed by atoms with Crippen LogP contribution in [0.2, 0.25) is 0 Å². The van der Waals surface area contributed by atoms with E-state index in [1.165, 1.54) is 19.1 Å². The largest absolute Gasteiger partial charge is 0.390 e. The van der Waals surface area contributed by atoms with E-state index < -0.39 is 146 Å². The maximum atomic E-state index is 18.2. The minimum absolute atomic E-state index is 0.00247. The van der Waals surface area contributed by atoms with E-state index in [1.807, 2.05) is 62.4 Å². The van der Waals surface area contributed by atoms with Crippen LogP contribution in [0.4, 0.5) is 25.0 Å². The van der Waals surface area contributed by atoms with Gasteiger partial charge in [0.25, 0.3) is 10.1 Å². The Morgan fingerprint density at radius 2 is 1.28 bits per heavy atom. The van der Waals surface area contributed by atoms with Gasteiger partial charge < -0.3 is 111 Å². The van der Waals surface area contributed by atoms with Gasteiger partial charge in [-0.1, -0.05) is 107 Å². The third-order valence-electron chi connectivity index (χ3n) is 27.4. The summed E-state index contributed by atoms with van der Waals surface area (Å²) in [4.78, 5) is 155. The van der Waals surface area contributed by atoms with Gasteiger partial charge in [-0.15, -0.1) is 0 Å². The number of aliphatic hydroxyl groups is 1. The number of alkyl halides is 2. The van der Waals surface area contributed by atoms with E-state index in [0.29, 0.717) is 100.0 Å². The molecule has 0 bridgehead atoms. The first-order chi connectivity index (χ1) is 69.2. The van der Waals surface area contributed by atoms with Crippen LogP contribution < -0.4 is 53.7 Å². The van der Waals surface area contributed by atoms with E-state index >= 15 is 13.6 Å². The number of aryl methyl sites for hydroxylation is 1. The predicted octanol–water partition coefficient (Wildman–Crippen LogP) is 7.28. The van der Waals surface area contributed by atoms with E-state index in [-0.39, 0.29) is 231 Å². The summed E-state index contributed by atoms with van der Waals surface area (Å²) in [5.41, 5.74) is 3.81. The van der Waals surface area contributed by atoms with Gasteiger partial charge in [0.05, 0.1) is 148 Å². The topological polar surface area (TPSA) is 528 Å². The number of fused-ring (bicyclic) bond motifs is 9. The number of benzene rings is 3. The molecule has 2 heterocycles. The van der Waals surface area contributed by atoms with Gasteiger partial charge in [-0.3, -0.25) is 57.5 Å². The quantitative estimate of drug-likeness (QED) is 0.00869. The number of ether oxygens (including phenoxy) is 11. The van der Waals surface area contributed by atoms with Gasteiger partial charge in [0.1, 0.15) is 48.5 Å². The highest BCUT2D eigenvalue weighted by atomic mass is 32.2. The minimum Gasteiger partial charge on any atom is -0.390 e. The summed E-state index contributed by atoms with van der Waals surface area (Å²) in [5.74, 6) is 5.04. The van der Waals surface area contributed by atoms with Crippen molar-refractivity contribution in [3.05, 3.63) is 119 Å². The number of hydrogen-bond donors (Lipinski definition) is 11. The number of amides is 9. The van der Waals surface area contributed by atoms with Crippen LogP contribution in [0, 0.1) is 40.4 Å². The lowest BCUT2D eigenvalue weighted by Crippen LogP contribution is -2.70. The molecule has 3 aromatic rings. The average Bonchev–Trinajstić information content (AvgIpc) is 1.47. The lowest BCUT2D eigenvalue weighted by molar-refractivity contribution is -0.234. The van der Waals surface area contributed by atoms with E-state index in [4.69, 9.17) is 73.2 Å². The second kappa shape index (κ2) is 58.3. The first-order valence-corrected chi connectivity index (χ1v) is 52.0. The molecule has 7 aliphatic rings. The fraction of sp³-hybridized carbons (Fsp3) is 0.641. The number of allylic oxidation sites excluding steroid dienone is 4. The Balaban J connectivity index is 0.678. The lowest BCUT2D eigenvalue weighted by atomic mass is 9.44. The molecule has 2 unspecified atom stereocenters. The van der Waals surface area contributed by atoms with Gasteiger partial charge in [-0.05, 0) is 168 Å². The number of Topliss-reactive ketones (excluding diaryl/α,β-unsaturated/α-hetero) is 2. The standard InChI is InChI=1S/C103H146F2N12O26S/c1-6-18-93-142-88-65-77-78-64-80(104)79-63-76(119)38-41-100(79,4)102(78,105)87(121)66-101(77,5)103(88,143-93)86(120)35-30-70-28-33-74(34-29-70)112-96(126)83(25-16-43-111-99(106)129)114-98(128)94(69(2)3)115-97(127)82(113-90(123)40-47-134-51-55-138-59-61-140-57-53-136-49-45-110-89(122)36-37-92(125)117-67-73-21-11-10-19-71(73)31-32-72-20-12-13-26-84(72)117)24-14-15-42-109-91(124)68-141-85-27-9-7-8-23-81(95(85)116-107)108-44-48-135-52-56-139-60-58-137-54-50-133-46-39-75(118)22-17-62-144(130,131)132/h10-13,19-21,26,28-29,33-34,38,41,63,69,77-78,80,82-83,85,87-88,93-94,121H,6-9,14-18,22-25,27,30,35-37,39-40,42-62,64-68,107H2,1-5H3,(H,109,124)(H,110,122)(H,112,126)(H,113,123)(H,114,128)(H,115,127)(H3,106,111,129)(H,130,131,132)/t77-,78-,80-,82+,83-,85?,87-,88+,93?,94-,100-,101-,102-,103+/m0/s1. The lowest BCUT2D eigenvalue weighted by Gasteiger charge is -2.63. The number of aliphatic imine (C=N–C) groups is 1. The average molecular weight is 2040 g/mol. The number of nitrogens with two attached hydrogens (primary N) is 2. The Hall–Kier alpha value is -10.3. The number of carbonyl (C=O) groups is 11. The van der Waals surface area contributed by atoms with Crippen LogP contribution in [0.5, 0.6) is 0 Å². The summed E-state index contributed by atoms with van der Waals surface area (Å²) in [6.07, 6.45) is 3.53. The number of halogens is 2. The molecule has 4 saturated carbocycles. The summed E-state index contributed by atoms with van der Waals surface area (Å²) >= 11 is 0. The normalized spacial score (nSPS) is 23.8. The van der Waals surface area contributed by atoms with Crippen molar-refractivity contribution in [3.8, 4) is 11.8 Å². The first kappa shape index (κ1) is 116. The molecule has 5 aliphatic carbocycles. The molecule has 3 aromatic carbocycles. The number of rotatable bonds is 63. The summed E-state index contributed by atoms with van der Waals surface area (Å²) in [5, 5.41) is 35.7. The molecule has 1 saturated heterocycles. The van der Waals surface area contributed by atoms with E-state index in [1.54, 1.807) is 43.0 Å². The van der Waals surface area contributed by atoms with Crippen LogP contribution in [0.15, 0.2) is 107 Å². The van der Waals surface area contributed by atoms with Crippen LogP contribution in [-0.2, 0) is 123 Å². The summed E-state index contributed by atoms with van der Waals surface area (Å²) in [6, 6.07) is 17.2. The van der Waals surface area contributed by atoms with Gasteiger partial charge in [0.15, 0.2) is 29.1 Å². The van der Waals surface area contributed by atoms with Crippen molar-refractivity contribution in [2.24, 2.45) is 50.3 Å². The van der Waals surface area contributed by atoms with Gasteiger partial charge in [-0.25, -0.2) is 13.6 Å². The maximum Gasteiger partial charge on any atom is 0.312 e. The molecule has 0 radical (unpaired) electrons. The first-order valence-electron chi connectivity index (χ1n) is 50.4. The van der Waals surface area contributed by atoms with Gasteiger partial charge in [0, 0.05) is 91.7 Å². The fourth-order valence-corrected chi connectivity index (χ4v) is 20.5. The van der Waals surface area contributed by atoms with Crippen molar-refractivity contribution in [2.75, 3.05) is 154 Å². The molecule has 38 nitrogen and oxygen atoms in total. The number of para-hydroxylation sites is 1. The zero-order chi connectivity index (χ0) is 104. The monoisotopic (exact) mass is 2040 g/mol. The number of ketones is 3. The molecule has 41 heteroatoms. The molecule has 794 valence electrons. The van der Waals surface area contributed by atoms with E-state index in [2.05, 4.69) is 54.2 Å².